The molecule has 0 unspecified atom stereocenters. The van der Waals surface area contributed by atoms with Gasteiger partial charge in [0.05, 0.1) is 37.7 Å². The predicted molar refractivity (Wildman–Crippen MR) is 75.9 cm³/mol. The van der Waals surface area contributed by atoms with Crippen molar-refractivity contribution >= 4 is 10.2 Å². The van der Waals surface area contributed by atoms with Gasteiger partial charge in [-0.3, -0.25) is 4.68 Å². The summed E-state index contributed by atoms with van der Waals surface area (Å²) in [4.78, 5) is 0. The fraction of sp³-hybridized carbons (Fsp3) is 0.769. The van der Waals surface area contributed by atoms with Crippen LogP contribution < -0.4 is 0 Å². The Kier molecular flexibility index (Phi) is 3.29. The summed E-state index contributed by atoms with van der Waals surface area (Å²) in [7, 11) is -3.38. The molecule has 0 radical (unpaired) electrons. The van der Waals surface area contributed by atoms with Gasteiger partial charge in [-0.05, 0) is 18.9 Å². The van der Waals surface area contributed by atoms with E-state index in [2.05, 4.69) is 11.2 Å². The molecule has 0 aromatic carbocycles. The quantitative estimate of drug-likeness (QED) is 0.797. The summed E-state index contributed by atoms with van der Waals surface area (Å²) < 4.78 is 35.7. The molecule has 1 aromatic rings. The average molecular weight is 312 g/mol. The van der Waals surface area contributed by atoms with Gasteiger partial charge in [-0.25, -0.2) is 0 Å². The van der Waals surface area contributed by atoms with Gasteiger partial charge in [-0.2, -0.15) is 22.1 Å². The van der Waals surface area contributed by atoms with Crippen LogP contribution in [-0.2, 0) is 28.0 Å². The van der Waals surface area contributed by atoms with Gasteiger partial charge in [0.1, 0.15) is 0 Å². The second kappa shape index (κ2) is 5.05. The van der Waals surface area contributed by atoms with Crippen molar-refractivity contribution in [3.05, 3.63) is 17.5 Å². The molecule has 21 heavy (non-hydrogen) atoms. The maximum absolute atomic E-state index is 12.7. The van der Waals surface area contributed by atoms with E-state index in [-0.39, 0.29) is 0 Å². The predicted octanol–water partition coefficient (Wildman–Crippen LogP) is 0.153. The summed E-state index contributed by atoms with van der Waals surface area (Å²) in [5.74, 6) is 0.604. The Bertz CT molecular complexity index is 632. The second-order valence-electron chi connectivity index (χ2n) is 5.91. The number of hydrogen-bond acceptors (Lipinski definition) is 4. The molecular formula is C13H20N4O3S. The molecule has 1 aromatic heterocycles. The van der Waals surface area contributed by atoms with E-state index in [1.807, 2.05) is 4.68 Å². The Morgan fingerprint density at radius 2 is 1.86 bits per heavy atom. The Balaban J connectivity index is 1.53. The molecule has 0 bridgehead atoms. The second-order valence-corrected chi connectivity index (χ2v) is 7.84. The van der Waals surface area contributed by atoms with Crippen molar-refractivity contribution in [3.8, 4) is 0 Å². The third-order valence-electron chi connectivity index (χ3n) is 4.40. The topological polar surface area (TPSA) is 67.7 Å². The minimum Gasteiger partial charge on any atom is -0.379 e. The summed E-state index contributed by atoms with van der Waals surface area (Å²) in [6, 6.07) is 2.08. The average Bonchev–Trinajstić information content (AvgIpc) is 3.27. The van der Waals surface area contributed by atoms with Gasteiger partial charge in [-0.15, -0.1) is 0 Å². The Morgan fingerprint density at radius 1 is 1.10 bits per heavy atom. The smallest absolute Gasteiger partial charge is 0.282 e. The van der Waals surface area contributed by atoms with Gasteiger partial charge in [0.15, 0.2) is 0 Å². The van der Waals surface area contributed by atoms with Crippen LogP contribution in [0.15, 0.2) is 6.07 Å². The van der Waals surface area contributed by atoms with Crippen LogP contribution in [-0.4, -0.2) is 59.7 Å². The molecule has 2 aliphatic heterocycles. The normalized spacial score (nSPS) is 25.0. The van der Waals surface area contributed by atoms with Gasteiger partial charge < -0.3 is 4.74 Å². The van der Waals surface area contributed by atoms with Crippen molar-refractivity contribution in [3.63, 3.8) is 0 Å². The summed E-state index contributed by atoms with van der Waals surface area (Å²) in [6.45, 7) is 3.44. The molecule has 1 saturated heterocycles. The first kappa shape index (κ1) is 13.7. The first-order valence-electron chi connectivity index (χ1n) is 7.54. The van der Waals surface area contributed by atoms with Crippen LogP contribution in [0.1, 0.15) is 30.1 Å². The molecule has 1 saturated carbocycles. The monoisotopic (exact) mass is 312 g/mol. The van der Waals surface area contributed by atoms with Crippen molar-refractivity contribution in [2.24, 2.45) is 0 Å². The van der Waals surface area contributed by atoms with E-state index in [1.54, 1.807) is 4.31 Å². The highest BCUT2D eigenvalue weighted by molar-refractivity contribution is 7.86. The van der Waals surface area contributed by atoms with Crippen LogP contribution >= 0.6 is 0 Å². The minimum absolute atomic E-state index is 0.430. The van der Waals surface area contributed by atoms with E-state index >= 15 is 0 Å². The van der Waals surface area contributed by atoms with Gasteiger partial charge >= 0.3 is 0 Å². The Labute approximate surface area is 124 Å². The van der Waals surface area contributed by atoms with Crippen LogP contribution in [0.4, 0.5) is 0 Å². The largest absolute Gasteiger partial charge is 0.379 e. The zero-order chi connectivity index (χ0) is 14.4. The number of fused-ring (bicyclic) bond motifs is 1. The van der Waals surface area contributed by atoms with E-state index in [4.69, 9.17) is 4.74 Å². The highest BCUT2D eigenvalue weighted by Gasteiger charge is 2.35. The highest BCUT2D eigenvalue weighted by atomic mass is 32.2. The van der Waals surface area contributed by atoms with E-state index in [1.165, 1.54) is 17.1 Å². The van der Waals surface area contributed by atoms with E-state index < -0.39 is 10.2 Å². The molecule has 0 spiro atoms. The standard InChI is InChI=1S/C13H20N4O3S/c18-21(19,15-5-7-20-8-6-15)16-3-4-17-12(10-16)9-13(14-17)11-1-2-11/h9,11H,1-8,10H2. The van der Waals surface area contributed by atoms with Crippen LogP contribution in [0.25, 0.3) is 0 Å². The van der Waals surface area contributed by atoms with Crippen molar-refractivity contribution in [2.75, 3.05) is 32.8 Å². The van der Waals surface area contributed by atoms with Crippen LogP contribution in [0, 0.1) is 0 Å². The molecule has 3 aliphatic rings. The van der Waals surface area contributed by atoms with Gasteiger partial charge in [-0.1, -0.05) is 0 Å². The third-order valence-corrected chi connectivity index (χ3v) is 6.38. The van der Waals surface area contributed by atoms with Crippen molar-refractivity contribution < 1.29 is 13.2 Å². The molecule has 1 aliphatic carbocycles. The van der Waals surface area contributed by atoms with Gasteiger partial charge in [0, 0.05) is 25.6 Å². The lowest BCUT2D eigenvalue weighted by atomic mass is 10.2. The zero-order valence-electron chi connectivity index (χ0n) is 11.9. The molecule has 116 valence electrons. The fourth-order valence-corrected chi connectivity index (χ4v) is 4.53. The summed E-state index contributed by atoms with van der Waals surface area (Å²) in [5, 5.41) is 4.60. The summed E-state index contributed by atoms with van der Waals surface area (Å²) in [5.41, 5.74) is 2.15. The Hall–Kier alpha value is -0.960. The first-order valence-corrected chi connectivity index (χ1v) is 8.94. The lowest BCUT2D eigenvalue weighted by Gasteiger charge is -2.34. The number of ether oxygens (including phenoxy) is 1. The summed E-state index contributed by atoms with van der Waals surface area (Å²) in [6.07, 6.45) is 2.43. The summed E-state index contributed by atoms with van der Waals surface area (Å²) >= 11 is 0. The molecule has 3 heterocycles. The highest BCUT2D eigenvalue weighted by Crippen LogP contribution is 2.39. The number of aromatic nitrogens is 2. The lowest BCUT2D eigenvalue weighted by Crippen LogP contribution is -2.50. The van der Waals surface area contributed by atoms with Crippen LogP contribution in [0.2, 0.25) is 0 Å². The number of morpholine rings is 1. The zero-order valence-corrected chi connectivity index (χ0v) is 12.8. The number of hydrogen-bond donors (Lipinski definition) is 0. The lowest BCUT2D eigenvalue weighted by molar-refractivity contribution is 0.0695. The molecule has 0 amide bonds. The van der Waals surface area contributed by atoms with Crippen LogP contribution in [0.3, 0.4) is 0 Å². The molecule has 4 rings (SSSR count). The maximum atomic E-state index is 12.7. The van der Waals surface area contributed by atoms with Gasteiger partial charge in [0.25, 0.3) is 10.2 Å². The van der Waals surface area contributed by atoms with E-state index in [0.29, 0.717) is 51.9 Å². The third kappa shape index (κ3) is 2.50. The van der Waals surface area contributed by atoms with Crippen LogP contribution in [0.5, 0.6) is 0 Å². The fourth-order valence-electron chi connectivity index (χ4n) is 2.98. The van der Waals surface area contributed by atoms with Crippen molar-refractivity contribution in [2.45, 2.75) is 31.8 Å². The first-order chi connectivity index (χ1) is 10.1. The molecule has 7 nitrogen and oxygen atoms in total. The minimum atomic E-state index is -3.38. The van der Waals surface area contributed by atoms with Gasteiger partial charge in [0.2, 0.25) is 0 Å². The van der Waals surface area contributed by atoms with Crippen molar-refractivity contribution in [1.82, 2.24) is 18.4 Å². The molecule has 0 N–H and O–H groups in total. The molecular weight excluding hydrogens is 292 g/mol. The molecule has 8 heteroatoms. The van der Waals surface area contributed by atoms with E-state index in [0.717, 1.165) is 11.4 Å². The van der Waals surface area contributed by atoms with E-state index in [9.17, 15) is 8.42 Å². The molecule has 0 atom stereocenters. The maximum Gasteiger partial charge on any atom is 0.282 e. The number of nitrogens with zero attached hydrogens (tertiary/aromatic N) is 4. The SMILES string of the molecule is O=S(=O)(N1CCOCC1)N1CCn2nc(C3CC3)cc2C1. The Morgan fingerprint density at radius 3 is 2.57 bits per heavy atom. The molecule has 2 fully saturated rings. The van der Waals surface area contributed by atoms with Crippen molar-refractivity contribution in [1.29, 1.82) is 0 Å². The number of rotatable bonds is 3.